The summed E-state index contributed by atoms with van der Waals surface area (Å²) in [5.41, 5.74) is -6.03. The highest BCUT2D eigenvalue weighted by Crippen LogP contribution is 2.47. The normalized spacial score (nSPS) is 58.7. The number of aliphatic hydroxyl groups is 5. The van der Waals surface area contributed by atoms with Crippen LogP contribution in [0.25, 0.3) is 0 Å². The van der Waals surface area contributed by atoms with Crippen LogP contribution in [0.4, 0.5) is 0 Å². The Balaban J connectivity index is 3.30. The molecule has 1 aliphatic rings. The van der Waals surface area contributed by atoms with Crippen LogP contribution in [-0.2, 0) is 4.74 Å². The van der Waals surface area contributed by atoms with E-state index < -0.39 is 35.3 Å². The minimum atomic E-state index is -2.09. The van der Waals surface area contributed by atoms with Crippen LogP contribution in [0.3, 0.4) is 0 Å². The van der Waals surface area contributed by atoms with Gasteiger partial charge < -0.3 is 30.3 Å². The lowest BCUT2D eigenvalue weighted by Crippen LogP contribution is -2.80. The van der Waals surface area contributed by atoms with E-state index in [1.165, 1.54) is 20.8 Å². The Bertz CT molecular complexity index is 281. The monoisotopic (exact) mass is 236 g/mol. The molecule has 0 bridgehead atoms. The minimum absolute atomic E-state index is 0.588. The maximum Gasteiger partial charge on any atom is 0.195 e. The highest BCUT2D eigenvalue weighted by molar-refractivity contribution is 5.16. The van der Waals surface area contributed by atoms with E-state index in [1.807, 2.05) is 0 Å². The number of ether oxygens (including phenoxy) is 1. The van der Waals surface area contributed by atoms with Crippen LogP contribution >= 0.6 is 0 Å². The fraction of sp³-hybridized carbons (Fsp3) is 1.00. The lowest BCUT2D eigenvalue weighted by molar-refractivity contribution is -0.423. The quantitative estimate of drug-likeness (QED) is 0.373. The van der Waals surface area contributed by atoms with Gasteiger partial charge in [0, 0.05) is 0 Å². The molecule has 5 atom stereocenters. The summed E-state index contributed by atoms with van der Waals surface area (Å²) >= 11 is 0. The molecule has 0 aromatic heterocycles. The zero-order valence-electron chi connectivity index (χ0n) is 9.93. The summed E-state index contributed by atoms with van der Waals surface area (Å²) in [7, 11) is 0. The second-order valence-electron chi connectivity index (χ2n) is 5.06. The first-order chi connectivity index (χ1) is 6.92. The Morgan fingerprint density at radius 2 is 1.38 bits per heavy atom. The van der Waals surface area contributed by atoms with Gasteiger partial charge in [0.05, 0.1) is 6.61 Å². The van der Waals surface area contributed by atoms with Gasteiger partial charge in [-0.25, -0.2) is 0 Å². The van der Waals surface area contributed by atoms with Crippen LogP contribution in [0.15, 0.2) is 0 Å². The Labute approximate surface area is 94.1 Å². The summed E-state index contributed by atoms with van der Waals surface area (Å²) in [5, 5.41) is 49.4. The fourth-order valence-corrected chi connectivity index (χ4v) is 1.98. The number of hydrogen-bond acceptors (Lipinski definition) is 6. The molecule has 6 nitrogen and oxygen atoms in total. The highest BCUT2D eigenvalue weighted by Gasteiger charge is 2.69. The van der Waals surface area contributed by atoms with Crippen molar-refractivity contribution in [3.8, 4) is 0 Å². The predicted molar refractivity (Wildman–Crippen MR) is 54.5 cm³/mol. The van der Waals surface area contributed by atoms with Gasteiger partial charge in [0.25, 0.3) is 0 Å². The standard InChI is InChI=1S/C10H20O6/c1-7(12)6(5-11)16-10(4,15)9(3,14)8(7,2)13/h6,11-15H,5H2,1-4H3/t6-,7+,8+,9-,10+/m0/s1. The molecule has 1 aliphatic heterocycles. The molecule has 0 aliphatic carbocycles. The third kappa shape index (κ3) is 1.42. The van der Waals surface area contributed by atoms with Crippen LogP contribution in [0.5, 0.6) is 0 Å². The highest BCUT2D eigenvalue weighted by atomic mass is 16.7. The number of hydrogen-bond donors (Lipinski definition) is 5. The van der Waals surface area contributed by atoms with Gasteiger partial charge in [-0.1, -0.05) is 0 Å². The van der Waals surface area contributed by atoms with E-state index in [-0.39, 0.29) is 0 Å². The zero-order valence-corrected chi connectivity index (χ0v) is 9.93. The van der Waals surface area contributed by atoms with Gasteiger partial charge in [0.2, 0.25) is 0 Å². The summed E-state index contributed by atoms with van der Waals surface area (Å²) in [6, 6.07) is 0. The number of aliphatic hydroxyl groups excluding tert-OH is 1. The van der Waals surface area contributed by atoms with E-state index in [9.17, 15) is 20.4 Å². The largest absolute Gasteiger partial charge is 0.394 e. The predicted octanol–water partition coefficient (Wildman–Crippen LogP) is -1.66. The lowest BCUT2D eigenvalue weighted by atomic mass is 9.65. The second-order valence-corrected chi connectivity index (χ2v) is 5.06. The van der Waals surface area contributed by atoms with Crippen molar-refractivity contribution in [1.82, 2.24) is 0 Å². The molecule has 5 N–H and O–H groups in total. The number of rotatable bonds is 1. The van der Waals surface area contributed by atoms with Crippen molar-refractivity contribution >= 4 is 0 Å². The van der Waals surface area contributed by atoms with Gasteiger partial charge in [-0.3, -0.25) is 0 Å². The van der Waals surface area contributed by atoms with Crippen molar-refractivity contribution in [2.75, 3.05) is 6.61 Å². The summed E-state index contributed by atoms with van der Waals surface area (Å²) in [6.45, 7) is 4.16. The average molecular weight is 236 g/mol. The van der Waals surface area contributed by atoms with E-state index >= 15 is 0 Å². The first kappa shape index (κ1) is 13.8. The molecule has 6 heteroatoms. The molecule has 0 unspecified atom stereocenters. The first-order valence-electron chi connectivity index (χ1n) is 5.10. The van der Waals surface area contributed by atoms with Crippen LogP contribution in [-0.4, -0.2) is 60.8 Å². The molecule has 0 aromatic rings. The second kappa shape index (κ2) is 3.38. The molecule has 0 spiro atoms. The van der Waals surface area contributed by atoms with Gasteiger partial charge in [-0.15, -0.1) is 0 Å². The van der Waals surface area contributed by atoms with Crippen molar-refractivity contribution in [2.24, 2.45) is 0 Å². The molecule has 1 saturated heterocycles. The van der Waals surface area contributed by atoms with Crippen molar-refractivity contribution in [3.63, 3.8) is 0 Å². The summed E-state index contributed by atoms with van der Waals surface area (Å²) < 4.78 is 5.03. The lowest BCUT2D eigenvalue weighted by Gasteiger charge is -2.60. The maximum absolute atomic E-state index is 10.2. The molecule has 0 radical (unpaired) electrons. The van der Waals surface area contributed by atoms with Crippen molar-refractivity contribution < 1.29 is 30.3 Å². The third-order valence-electron chi connectivity index (χ3n) is 4.00. The van der Waals surface area contributed by atoms with Gasteiger partial charge in [-0.2, -0.15) is 0 Å². The topological polar surface area (TPSA) is 110 Å². The van der Waals surface area contributed by atoms with Crippen LogP contribution in [0, 0.1) is 0 Å². The average Bonchev–Trinajstić information content (AvgIpc) is 2.11. The molecule has 16 heavy (non-hydrogen) atoms. The molecular weight excluding hydrogens is 216 g/mol. The minimum Gasteiger partial charge on any atom is -0.394 e. The Morgan fingerprint density at radius 1 is 0.938 bits per heavy atom. The summed E-state index contributed by atoms with van der Waals surface area (Å²) in [6.07, 6.45) is -1.20. The van der Waals surface area contributed by atoms with Gasteiger partial charge in [0.1, 0.15) is 22.9 Å². The SMILES string of the molecule is C[C@]1(O)[C@](C)(O)[C@](C)(O)[C@H](CO)O[C@@]1(C)O. The van der Waals surface area contributed by atoms with Gasteiger partial charge >= 0.3 is 0 Å². The molecule has 96 valence electrons. The van der Waals surface area contributed by atoms with E-state index in [0.29, 0.717) is 0 Å². The zero-order chi connectivity index (χ0) is 13.0. The van der Waals surface area contributed by atoms with Gasteiger partial charge in [0.15, 0.2) is 5.79 Å². The van der Waals surface area contributed by atoms with Crippen LogP contribution < -0.4 is 0 Å². The van der Waals surface area contributed by atoms with Gasteiger partial charge in [-0.05, 0) is 27.7 Å². The summed E-state index contributed by atoms with van der Waals surface area (Å²) in [4.78, 5) is 0. The van der Waals surface area contributed by atoms with Crippen molar-refractivity contribution in [2.45, 2.75) is 56.4 Å². The molecule has 1 fully saturated rings. The Hall–Kier alpha value is -0.240. The third-order valence-corrected chi connectivity index (χ3v) is 4.00. The summed E-state index contributed by atoms with van der Waals surface area (Å²) in [5.74, 6) is -2.08. The van der Waals surface area contributed by atoms with E-state index in [2.05, 4.69) is 0 Å². The van der Waals surface area contributed by atoms with Crippen LogP contribution in [0.2, 0.25) is 0 Å². The van der Waals surface area contributed by atoms with E-state index in [0.717, 1.165) is 6.92 Å². The molecule has 0 aromatic carbocycles. The molecule has 1 heterocycles. The maximum atomic E-state index is 10.2. The van der Waals surface area contributed by atoms with Crippen molar-refractivity contribution in [3.05, 3.63) is 0 Å². The van der Waals surface area contributed by atoms with E-state index in [1.54, 1.807) is 0 Å². The Morgan fingerprint density at radius 3 is 1.75 bits per heavy atom. The molecule has 1 rings (SSSR count). The van der Waals surface area contributed by atoms with Crippen LogP contribution in [0.1, 0.15) is 27.7 Å². The van der Waals surface area contributed by atoms with E-state index in [4.69, 9.17) is 9.84 Å². The molecular formula is C10H20O6. The van der Waals surface area contributed by atoms with Crippen molar-refractivity contribution in [1.29, 1.82) is 0 Å². The smallest absolute Gasteiger partial charge is 0.195 e. The first-order valence-corrected chi connectivity index (χ1v) is 5.10. The molecule has 0 amide bonds. The Kier molecular flexibility index (Phi) is 2.92. The molecule has 0 saturated carbocycles. The fourth-order valence-electron chi connectivity index (χ4n) is 1.98.